The highest BCUT2D eigenvalue weighted by atomic mass is 16.7. The number of nitrogens with zero attached hydrogens (tertiary/aromatic N) is 2. The summed E-state index contributed by atoms with van der Waals surface area (Å²) in [6.07, 6.45) is 1.63. The van der Waals surface area contributed by atoms with Gasteiger partial charge in [0.15, 0.2) is 0 Å². The third-order valence-electron chi connectivity index (χ3n) is 4.67. The molecule has 25 heavy (non-hydrogen) atoms. The van der Waals surface area contributed by atoms with Crippen molar-refractivity contribution in [3.63, 3.8) is 0 Å². The Morgan fingerprint density at radius 2 is 1.68 bits per heavy atom. The summed E-state index contributed by atoms with van der Waals surface area (Å²) in [6, 6.07) is 10.1. The number of ether oxygens (including phenoxy) is 2. The highest BCUT2D eigenvalue weighted by molar-refractivity contribution is 6.63. The quantitative estimate of drug-likeness (QED) is 0.778. The van der Waals surface area contributed by atoms with E-state index in [1.807, 2.05) is 58.0 Å². The highest BCUT2D eigenvalue weighted by Gasteiger charge is 2.52. The molecule has 0 amide bonds. The van der Waals surface area contributed by atoms with Gasteiger partial charge in [-0.3, -0.25) is 0 Å². The standard InChI is InChI=1S/C18H23BN2O4/c1-17(2)18(3,4)25-19(24-17)14-11-20-16(21-15(14)22-5)23-12-13-9-7-6-8-10-13/h6-11H,12H2,1-5H3. The Balaban J connectivity index is 1.76. The second-order valence-corrected chi connectivity index (χ2v) is 6.98. The minimum atomic E-state index is -0.580. The SMILES string of the molecule is COc1nc(OCc2ccccc2)ncc1B1OC(C)(C)C(C)(C)O1. The van der Waals surface area contributed by atoms with Crippen LogP contribution in [0.3, 0.4) is 0 Å². The van der Waals surface area contributed by atoms with E-state index >= 15 is 0 Å². The number of hydrogen-bond donors (Lipinski definition) is 0. The van der Waals surface area contributed by atoms with Crippen molar-refractivity contribution >= 4 is 12.6 Å². The van der Waals surface area contributed by atoms with E-state index in [-0.39, 0.29) is 6.01 Å². The van der Waals surface area contributed by atoms with Crippen molar-refractivity contribution in [3.8, 4) is 11.9 Å². The largest absolute Gasteiger partial charge is 0.502 e. The lowest BCUT2D eigenvalue weighted by Gasteiger charge is -2.32. The van der Waals surface area contributed by atoms with Gasteiger partial charge in [-0.15, -0.1) is 0 Å². The Labute approximate surface area is 148 Å². The van der Waals surface area contributed by atoms with Gasteiger partial charge >= 0.3 is 13.1 Å². The van der Waals surface area contributed by atoms with Crippen LogP contribution in [0.25, 0.3) is 0 Å². The second-order valence-electron chi connectivity index (χ2n) is 6.98. The molecule has 2 aromatic rings. The normalized spacial score (nSPS) is 18.2. The van der Waals surface area contributed by atoms with Crippen molar-refractivity contribution in [1.82, 2.24) is 9.97 Å². The number of rotatable bonds is 5. The van der Waals surface area contributed by atoms with E-state index in [0.717, 1.165) is 5.56 Å². The van der Waals surface area contributed by atoms with Gasteiger partial charge in [-0.05, 0) is 33.3 Å². The van der Waals surface area contributed by atoms with E-state index < -0.39 is 18.3 Å². The third kappa shape index (κ3) is 3.62. The maximum Gasteiger partial charge on any atom is 0.502 e. The molecule has 0 bridgehead atoms. The van der Waals surface area contributed by atoms with Gasteiger partial charge in [0.25, 0.3) is 0 Å². The molecular formula is C18H23BN2O4. The predicted octanol–water partition coefficient (Wildman–Crippen LogP) is 2.36. The van der Waals surface area contributed by atoms with Crippen molar-refractivity contribution in [2.24, 2.45) is 0 Å². The molecule has 2 heterocycles. The van der Waals surface area contributed by atoms with Crippen molar-refractivity contribution < 1.29 is 18.8 Å². The van der Waals surface area contributed by atoms with Crippen LogP contribution in [0.5, 0.6) is 11.9 Å². The first kappa shape index (κ1) is 17.7. The fourth-order valence-electron chi connectivity index (χ4n) is 2.45. The molecule has 1 aliphatic rings. The Morgan fingerprint density at radius 3 is 2.28 bits per heavy atom. The summed E-state index contributed by atoms with van der Waals surface area (Å²) < 4.78 is 23.1. The van der Waals surface area contributed by atoms with Crippen LogP contribution in [0.2, 0.25) is 0 Å². The molecule has 0 radical (unpaired) electrons. The average molecular weight is 342 g/mol. The number of methoxy groups -OCH3 is 1. The molecule has 3 rings (SSSR count). The van der Waals surface area contributed by atoms with E-state index in [9.17, 15) is 0 Å². The fourth-order valence-corrected chi connectivity index (χ4v) is 2.45. The van der Waals surface area contributed by atoms with Gasteiger partial charge in [-0.1, -0.05) is 30.3 Å². The second kappa shape index (κ2) is 6.65. The predicted molar refractivity (Wildman–Crippen MR) is 95.1 cm³/mol. The van der Waals surface area contributed by atoms with Crippen LogP contribution >= 0.6 is 0 Å². The molecular weight excluding hydrogens is 319 g/mol. The van der Waals surface area contributed by atoms with E-state index in [4.69, 9.17) is 18.8 Å². The number of aromatic nitrogens is 2. The third-order valence-corrected chi connectivity index (χ3v) is 4.67. The van der Waals surface area contributed by atoms with E-state index in [1.165, 1.54) is 0 Å². The van der Waals surface area contributed by atoms with E-state index in [2.05, 4.69) is 9.97 Å². The van der Waals surface area contributed by atoms with Crippen LogP contribution in [-0.4, -0.2) is 35.4 Å². The molecule has 0 aliphatic carbocycles. The molecule has 0 unspecified atom stereocenters. The van der Waals surface area contributed by atoms with Crippen molar-refractivity contribution in [2.45, 2.75) is 45.5 Å². The lowest BCUT2D eigenvalue weighted by molar-refractivity contribution is 0.00578. The Bertz CT molecular complexity index is 721. The first-order chi connectivity index (χ1) is 11.8. The molecule has 1 aliphatic heterocycles. The Kier molecular flexibility index (Phi) is 4.71. The monoisotopic (exact) mass is 342 g/mol. The molecule has 1 fully saturated rings. The Morgan fingerprint density at radius 1 is 1.04 bits per heavy atom. The summed E-state index contributed by atoms with van der Waals surface area (Å²) in [6.45, 7) is 8.38. The molecule has 0 atom stereocenters. The summed E-state index contributed by atoms with van der Waals surface area (Å²) in [5, 5.41) is 0. The maximum absolute atomic E-state index is 6.04. The highest BCUT2D eigenvalue weighted by Crippen LogP contribution is 2.37. The van der Waals surface area contributed by atoms with Crippen LogP contribution in [0, 0.1) is 0 Å². The summed E-state index contributed by atoms with van der Waals surface area (Å²) in [5.74, 6) is 0.386. The number of hydrogen-bond acceptors (Lipinski definition) is 6. The summed E-state index contributed by atoms with van der Waals surface area (Å²) in [4.78, 5) is 8.60. The zero-order chi connectivity index (χ0) is 18.1. The molecule has 7 heteroatoms. The van der Waals surface area contributed by atoms with Crippen LogP contribution in [-0.2, 0) is 15.9 Å². The van der Waals surface area contributed by atoms with Gasteiger partial charge in [-0.2, -0.15) is 4.98 Å². The minimum absolute atomic E-state index is 0.251. The van der Waals surface area contributed by atoms with E-state index in [0.29, 0.717) is 17.9 Å². The molecule has 0 N–H and O–H groups in total. The van der Waals surface area contributed by atoms with Crippen LogP contribution in [0.4, 0.5) is 0 Å². The first-order valence-electron chi connectivity index (χ1n) is 8.26. The van der Waals surface area contributed by atoms with Crippen molar-refractivity contribution in [2.75, 3.05) is 7.11 Å². The van der Waals surface area contributed by atoms with Crippen molar-refractivity contribution in [1.29, 1.82) is 0 Å². The van der Waals surface area contributed by atoms with E-state index in [1.54, 1.807) is 13.3 Å². The molecule has 132 valence electrons. The fraction of sp³-hybridized carbons (Fsp3) is 0.444. The molecule has 6 nitrogen and oxygen atoms in total. The molecule has 0 spiro atoms. The van der Waals surface area contributed by atoms with Gasteiger partial charge in [0.2, 0.25) is 5.88 Å². The summed E-state index contributed by atoms with van der Waals surface area (Å²) >= 11 is 0. The number of benzene rings is 1. The molecule has 1 aromatic carbocycles. The zero-order valence-corrected chi connectivity index (χ0v) is 15.3. The summed E-state index contributed by atoms with van der Waals surface area (Å²) in [7, 11) is 0.973. The van der Waals surface area contributed by atoms with Crippen LogP contribution < -0.4 is 14.9 Å². The molecule has 1 aromatic heterocycles. The average Bonchev–Trinajstić information content (AvgIpc) is 2.81. The van der Waals surface area contributed by atoms with Gasteiger partial charge in [0.1, 0.15) is 6.61 Å². The zero-order valence-electron chi connectivity index (χ0n) is 15.3. The smallest absolute Gasteiger partial charge is 0.481 e. The van der Waals surface area contributed by atoms with Gasteiger partial charge in [0.05, 0.1) is 23.8 Å². The van der Waals surface area contributed by atoms with Gasteiger partial charge in [0, 0.05) is 6.20 Å². The maximum atomic E-state index is 6.04. The lowest BCUT2D eigenvalue weighted by Crippen LogP contribution is -2.41. The first-order valence-corrected chi connectivity index (χ1v) is 8.26. The molecule has 1 saturated heterocycles. The van der Waals surface area contributed by atoms with Gasteiger partial charge in [-0.25, -0.2) is 4.98 Å². The lowest BCUT2D eigenvalue weighted by atomic mass is 9.81. The van der Waals surface area contributed by atoms with Crippen LogP contribution in [0.1, 0.15) is 33.3 Å². The van der Waals surface area contributed by atoms with Crippen molar-refractivity contribution in [3.05, 3.63) is 42.1 Å². The minimum Gasteiger partial charge on any atom is -0.481 e. The van der Waals surface area contributed by atoms with Crippen LogP contribution in [0.15, 0.2) is 36.5 Å². The summed E-state index contributed by atoms with van der Waals surface area (Å²) in [5.41, 5.74) is 0.810. The molecule has 0 saturated carbocycles. The Hall–Kier alpha value is -2.12. The van der Waals surface area contributed by atoms with Gasteiger partial charge < -0.3 is 18.8 Å². The topological polar surface area (TPSA) is 62.7 Å².